The number of hydrogen-bond acceptors (Lipinski definition) is 2. The molecule has 0 aliphatic rings. The summed E-state index contributed by atoms with van der Waals surface area (Å²) in [6.07, 6.45) is 0. The van der Waals surface area contributed by atoms with Crippen molar-refractivity contribution < 1.29 is 0 Å². The monoisotopic (exact) mass is 309 g/mol. The highest BCUT2D eigenvalue weighted by atomic mass is 79.9. The molecule has 3 heteroatoms. The second-order valence-electron chi connectivity index (χ2n) is 4.18. The zero-order valence-corrected chi connectivity index (χ0v) is 12.4. The van der Waals surface area contributed by atoms with Crippen molar-refractivity contribution in [2.45, 2.75) is 25.9 Å². The van der Waals surface area contributed by atoms with E-state index in [0.29, 0.717) is 12.1 Å². The molecule has 1 N–H and O–H groups in total. The van der Waals surface area contributed by atoms with E-state index in [2.05, 4.69) is 76.9 Å². The van der Waals surface area contributed by atoms with Crippen LogP contribution >= 0.6 is 27.3 Å². The Morgan fingerprint density at radius 3 is 2.59 bits per heavy atom. The summed E-state index contributed by atoms with van der Waals surface area (Å²) < 4.78 is 1.13. The molecule has 2 aromatic rings. The smallest absolute Gasteiger partial charge is 0.0391 e. The first-order valence-corrected chi connectivity index (χ1v) is 7.39. The van der Waals surface area contributed by atoms with Gasteiger partial charge in [-0.3, -0.25) is 0 Å². The van der Waals surface area contributed by atoms with E-state index in [1.54, 1.807) is 11.3 Å². The molecule has 1 unspecified atom stereocenters. The van der Waals surface area contributed by atoms with Gasteiger partial charge in [-0.1, -0.05) is 34.1 Å². The molecule has 1 heterocycles. The van der Waals surface area contributed by atoms with Gasteiger partial charge in [0.05, 0.1) is 0 Å². The van der Waals surface area contributed by atoms with Gasteiger partial charge >= 0.3 is 0 Å². The fourth-order valence-electron chi connectivity index (χ4n) is 1.87. The lowest BCUT2D eigenvalue weighted by Crippen LogP contribution is -2.21. The Labute approximate surface area is 115 Å². The van der Waals surface area contributed by atoms with Crippen LogP contribution in [0, 0.1) is 0 Å². The first-order chi connectivity index (χ1) is 8.16. The van der Waals surface area contributed by atoms with Crippen LogP contribution in [0.15, 0.2) is 46.3 Å². The quantitative estimate of drug-likeness (QED) is 0.845. The van der Waals surface area contributed by atoms with Crippen LogP contribution in [0.1, 0.15) is 36.4 Å². The standard InChI is InChI=1S/C14H16BrNS/c1-10(12-5-3-6-13(15)9-12)16-11(2)14-7-4-8-17-14/h3-11,16H,1-2H3/t10?,11-/m1/s1. The number of halogens is 1. The highest BCUT2D eigenvalue weighted by Crippen LogP contribution is 2.23. The van der Waals surface area contributed by atoms with E-state index in [-0.39, 0.29) is 0 Å². The van der Waals surface area contributed by atoms with Crippen molar-refractivity contribution in [3.8, 4) is 0 Å². The number of thiophene rings is 1. The highest BCUT2D eigenvalue weighted by molar-refractivity contribution is 9.10. The average molecular weight is 310 g/mol. The second-order valence-corrected chi connectivity index (χ2v) is 6.08. The maximum Gasteiger partial charge on any atom is 0.0391 e. The molecule has 0 spiro atoms. The molecule has 0 aliphatic heterocycles. The Hall–Kier alpha value is -0.640. The van der Waals surface area contributed by atoms with Gasteiger partial charge in [0.1, 0.15) is 0 Å². The van der Waals surface area contributed by atoms with Gasteiger partial charge in [0.2, 0.25) is 0 Å². The summed E-state index contributed by atoms with van der Waals surface area (Å²) in [5, 5.41) is 5.74. The molecular formula is C14H16BrNS. The highest BCUT2D eigenvalue weighted by Gasteiger charge is 2.11. The molecule has 17 heavy (non-hydrogen) atoms. The van der Waals surface area contributed by atoms with Crippen molar-refractivity contribution in [1.29, 1.82) is 0 Å². The van der Waals surface area contributed by atoms with Crippen LogP contribution in [0.25, 0.3) is 0 Å². The summed E-state index contributed by atoms with van der Waals surface area (Å²) in [6, 6.07) is 13.5. The van der Waals surface area contributed by atoms with E-state index < -0.39 is 0 Å². The Morgan fingerprint density at radius 2 is 1.94 bits per heavy atom. The van der Waals surface area contributed by atoms with Crippen LogP contribution in [-0.4, -0.2) is 0 Å². The van der Waals surface area contributed by atoms with Crippen LogP contribution in [0.3, 0.4) is 0 Å². The third-order valence-electron chi connectivity index (χ3n) is 2.82. The third-order valence-corrected chi connectivity index (χ3v) is 4.37. The first-order valence-electron chi connectivity index (χ1n) is 5.71. The van der Waals surface area contributed by atoms with Crippen LogP contribution < -0.4 is 5.32 Å². The molecule has 0 bridgehead atoms. The Balaban J connectivity index is 2.04. The summed E-state index contributed by atoms with van der Waals surface area (Å²) >= 11 is 5.31. The molecule has 1 nitrogen and oxygen atoms in total. The summed E-state index contributed by atoms with van der Waals surface area (Å²) in [6.45, 7) is 4.41. The van der Waals surface area contributed by atoms with Crippen LogP contribution in [-0.2, 0) is 0 Å². The maximum atomic E-state index is 3.62. The zero-order chi connectivity index (χ0) is 12.3. The van der Waals surface area contributed by atoms with Gasteiger partial charge in [0.25, 0.3) is 0 Å². The van der Waals surface area contributed by atoms with Crippen molar-refractivity contribution >= 4 is 27.3 Å². The Kier molecular flexibility index (Phi) is 4.37. The van der Waals surface area contributed by atoms with Crippen LogP contribution in [0.5, 0.6) is 0 Å². The van der Waals surface area contributed by atoms with Crippen molar-refractivity contribution in [1.82, 2.24) is 5.32 Å². The van der Waals surface area contributed by atoms with E-state index >= 15 is 0 Å². The molecular weight excluding hydrogens is 294 g/mol. The molecule has 1 aromatic carbocycles. The number of nitrogens with one attached hydrogen (secondary N) is 1. The molecule has 2 atom stereocenters. The van der Waals surface area contributed by atoms with E-state index in [1.165, 1.54) is 10.4 Å². The van der Waals surface area contributed by atoms with Crippen LogP contribution in [0.2, 0.25) is 0 Å². The summed E-state index contributed by atoms with van der Waals surface area (Å²) in [7, 11) is 0. The summed E-state index contributed by atoms with van der Waals surface area (Å²) in [5.41, 5.74) is 1.31. The number of rotatable bonds is 4. The van der Waals surface area contributed by atoms with Gasteiger partial charge in [-0.25, -0.2) is 0 Å². The van der Waals surface area contributed by atoms with Gasteiger partial charge in [0.15, 0.2) is 0 Å². The predicted molar refractivity (Wildman–Crippen MR) is 78.4 cm³/mol. The maximum absolute atomic E-state index is 3.62. The Morgan fingerprint density at radius 1 is 1.12 bits per heavy atom. The lowest BCUT2D eigenvalue weighted by molar-refractivity contribution is 0.500. The summed E-state index contributed by atoms with van der Waals surface area (Å²) in [4.78, 5) is 1.38. The minimum Gasteiger partial charge on any atom is -0.303 e. The van der Waals surface area contributed by atoms with Crippen molar-refractivity contribution in [3.05, 3.63) is 56.7 Å². The van der Waals surface area contributed by atoms with Crippen molar-refractivity contribution in [2.24, 2.45) is 0 Å². The van der Waals surface area contributed by atoms with E-state index in [9.17, 15) is 0 Å². The molecule has 1 aromatic heterocycles. The van der Waals surface area contributed by atoms with Crippen molar-refractivity contribution in [3.63, 3.8) is 0 Å². The van der Waals surface area contributed by atoms with Crippen molar-refractivity contribution in [2.75, 3.05) is 0 Å². The van der Waals surface area contributed by atoms with E-state index in [1.807, 2.05) is 0 Å². The van der Waals surface area contributed by atoms with Gasteiger partial charge in [-0.2, -0.15) is 0 Å². The van der Waals surface area contributed by atoms with E-state index in [0.717, 1.165) is 4.47 Å². The first kappa shape index (κ1) is 12.8. The topological polar surface area (TPSA) is 12.0 Å². The SMILES string of the molecule is CC(N[C@H](C)c1cccs1)c1cccc(Br)c1. The third kappa shape index (κ3) is 3.41. The van der Waals surface area contributed by atoms with Gasteiger partial charge < -0.3 is 5.32 Å². The molecule has 0 amide bonds. The summed E-state index contributed by atoms with van der Waals surface area (Å²) in [5.74, 6) is 0. The molecule has 0 radical (unpaired) electrons. The molecule has 0 saturated heterocycles. The fraction of sp³-hybridized carbons (Fsp3) is 0.286. The van der Waals surface area contributed by atoms with Crippen LogP contribution in [0.4, 0.5) is 0 Å². The zero-order valence-electron chi connectivity index (χ0n) is 9.98. The molecule has 0 aliphatic carbocycles. The molecule has 0 saturated carbocycles. The minimum absolute atomic E-state index is 0.351. The predicted octanol–water partition coefficient (Wildman–Crippen LogP) is 4.92. The molecule has 2 rings (SSSR count). The largest absolute Gasteiger partial charge is 0.303 e. The van der Waals surface area contributed by atoms with Gasteiger partial charge in [-0.05, 0) is 43.0 Å². The molecule has 0 fully saturated rings. The average Bonchev–Trinajstić information content (AvgIpc) is 2.82. The van der Waals surface area contributed by atoms with E-state index in [4.69, 9.17) is 0 Å². The normalized spacial score (nSPS) is 14.5. The lowest BCUT2D eigenvalue weighted by Gasteiger charge is -2.19. The number of benzene rings is 1. The second kappa shape index (κ2) is 5.80. The van der Waals surface area contributed by atoms with Gasteiger partial charge in [0, 0.05) is 21.4 Å². The lowest BCUT2D eigenvalue weighted by atomic mass is 10.1. The minimum atomic E-state index is 0.351. The Bertz CT molecular complexity index is 467. The fourth-order valence-corrected chi connectivity index (χ4v) is 3.03. The number of hydrogen-bond donors (Lipinski definition) is 1. The molecule has 90 valence electrons. The van der Waals surface area contributed by atoms with Gasteiger partial charge in [-0.15, -0.1) is 11.3 Å².